The number of halogens is 1. The van der Waals surface area contributed by atoms with Gasteiger partial charge >= 0.3 is 0 Å². The summed E-state index contributed by atoms with van der Waals surface area (Å²) in [5, 5.41) is 0.743. The van der Waals surface area contributed by atoms with E-state index in [0.29, 0.717) is 37.8 Å². The number of carbonyl (C=O) groups is 1. The van der Waals surface area contributed by atoms with Gasteiger partial charge in [0.05, 0.1) is 23.9 Å². The highest BCUT2D eigenvalue weighted by Crippen LogP contribution is 2.29. The molecule has 1 heterocycles. The van der Waals surface area contributed by atoms with Crippen molar-refractivity contribution in [1.29, 1.82) is 0 Å². The molecule has 1 saturated heterocycles. The molecule has 0 spiro atoms. The molecule has 0 bridgehead atoms. The number of benzene rings is 2. The summed E-state index contributed by atoms with van der Waals surface area (Å²) in [5.41, 5.74) is 1.93. The Labute approximate surface area is 177 Å². The third-order valence-electron chi connectivity index (χ3n) is 4.77. The van der Waals surface area contributed by atoms with E-state index in [1.54, 1.807) is 6.08 Å². The van der Waals surface area contributed by atoms with Crippen LogP contribution < -0.4 is 14.4 Å². The van der Waals surface area contributed by atoms with Gasteiger partial charge in [-0.1, -0.05) is 29.8 Å². The Hall–Kier alpha value is -2.66. The number of rotatable bonds is 7. The van der Waals surface area contributed by atoms with Gasteiger partial charge in [-0.25, -0.2) is 0 Å². The molecule has 0 aliphatic carbocycles. The summed E-state index contributed by atoms with van der Waals surface area (Å²) < 4.78 is 11.2. The van der Waals surface area contributed by atoms with Crippen LogP contribution in [0.2, 0.25) is 5.02 Å². The molecule has 3 rings (SSSR count). The van der Waals surface area contributed by atoms with Crippen LogP contribution >= 0.6 is 11.6 Å². The van der Waals surface area contributed by atoms with E-state index in [2.05, 4.69) is 4.90 Å². The second-order valence-corrected chi connectivity index (χ2v) is 7.08. The zero-order chi connectivity index (χ0) is 20.6. The van der Waals surface area contributed by atoms with Crippen LogP contribution in [0.3, 0.4) is 0 Å². The Morgan fingerprint density at radius 2 is 1.69 bits per heavy atom. The molecule has 1 aliphatic rings. The maximum atomic E-state index is 12.6. The zero-order valence-electron chi connectivity index (χ0n) is 16.9. The average molecular weight is 415 g/mol. The molecule has 29 heavy (non-hydrogen) atoms. The lowest BCUT2D eigenvalue weighted by atomic mass is 10.1. The van der Waals surface area contributed by atoms with Crippen LogP contribution in [-0.2, 0) is 4.79 Å². The zero-order valence-corrected chi connectivity index (χ0v) is 17.7. The number of amides is 1. The summed E-state index contributed by atoms with van der Waals surface area (Å²) >= 11 is 6.29. The van der Waals surface area contributed by atoms with Crippen LogP contribution in [0.4, 0.5) is 5.69 Å². The summed E-state index contributed by atoms with van der Waals surface area (Å²) in [6, 6.07) is 13.5. The van der Waals surface area contributed by atoms with E-state index in [-0.39, 0.29) is 5.91 Å². The molecule has 1 fully saturated rings. The van der Waals surface area contributed by atoms with Crippen molar-refractivity contribution in [3.8, 4) is 11.5 Å². The van der Waals surface area contributed by atoms with Gasteiger partial charge in [-0.15, -0.1) is 0 Å². The van der Waals surface area contributed by atoms with E-state index in [9.17, 15) is 4.79 Å². The second-order valence-electron chi connectivity index (χ2n) is 6.67. The van der Waals surface area contributed by atoms with Crippen molar-refractivity contribution < 1.29 is 14.3 Å². The lowest BCUT2D eigenvalue weighted by Crippen LogP contribution is -2.48. The van der Waals surface area contributed by atoms with Gasteiger partial charge in [0.25, 0.3) is 0 Å². The van der Waals surface area contributed by atoms with E-state index >= 15 is 0 Å². The van der Waals surface area contributed by atoms with Crippen LogP contribution in [0.1, 0.15) is 19.4 Å². The van der Waals surface area contributed by atoms with Crippen molar-refractivity contribution >= 4 is 29.3 Å². The summed E-state index contributed by atoms with van der Waals surface area (Å²) in [4.78, 5) is 16.7. The third-order valence-corrected chi connectivity index (χ3v) is 5.09. The van der Waals surface area contributed by atoms with E-state index in [0.717, 1.165) is 29.4 Å². The molecule has 0 unspecified atom stereocenters. The highest BCUT2D eigenvalue weighted by molar-refractivity contribution is 6.33. The van der Waals surface area contributed by atoms with Gasteiger partial charge in [-0.3, -0.25) is 4.79 Å². The van der Waals surface area contributed by atoms with Gasteiger partial charge < -0.3 is 19.3 Å². The van der Waals surface area contributed by atoms with Gasteiger partial charge in [0.2, 0.25) is 5.91 Å². The van der Waals surface area contributed by atoms with Crippen molar-refractivity contribution in [3.63, 3.8) is 0 Å². The third kappa shape index (κ3) is 5.45. The number of anilines is 1. The largest absolute Gasteiger partial charge is 0.490 e. The standard InChI is InChI=1S/C23H27ClN2O3/c1-3-28-21-11-9-18(17-22(21)29-4-2)10-12-23(27)26-15-13-25(14-16-26)20-8-6-5-7-19(20)24/h5-12,17H,3-4,13-16H2,1-2H3/b12-10+. The number of piperazine rings is 1. The predicted octanol–water partition coefficient (Wildman–Crippen LogP) is 4.50. The Balaban J connectivity index is 1.60. The highest BCUT2D eigenvalue weighted by Gasteiger charge is 2.21. The molecule has 0 radical (unpaired) electrons. The maximum Gasteiger partial charge on any atom is 0.246 e. The molecule has 2 aromatic carbocycles. The first kappa shape index (κ1) is 21.1. The molecule has 154 valence electrons. The molecule has 0 aromatic heterocycles. The number of para-hydroxylation sites is 1. The Bertz CT molecular complexity index is 861. The fourth-order valence-corrected chi connectivity index (χ4v) is 3.58. The Morgan fingerprint density at radius 3 is 2.38 bits per heavy atom. The lowest BCUT2D eigenvalue weighted by Gasteiger charge is -2.36. The first-order chi connectivity index (χ1) is 14.1. The monoisotopic (exact) mass is 414 g/mol. The minimum absolute atomic E-state index is 0.00986. The Kier molecular flexibility index (Phi) is 7.42. The van der Waals surface area contributed by atoms with Crippen LogP contribution in [0.5, 0.6) is 11.5 Å². The molecular weight excluding hydrogens is 388 g/mol. The van der Waals surface area contributed by atoms with Crippen LogP contribution in [0.25, 0.3) is 6.08 Å². The molecule has 0 atom stereocenters. The molecule has 2 aromatic rings. The normalized spacial score (nSPS) is 14.3. The second kappa shape index (κ2) is 10.2. The van der Waals surface area contributed by atoms with E-state index in [1.807, 2.05) is 67.3 Å². The number of hydrogen-bond acceptors (Lipinski definition) is 4. The van der Waals surface area contributed by atoms with E-state index in [4.69, 9.17) is 21.1 Å². The highest BCUT2D eigenvalue weighted by atomic mass is 35.5. The van der Waals surface area contributed by atoms with Crippen LogP contribution in [0, 0.1) is 0 Å². The SMILES string of the molecule is CCOc1ccc(/C=C/C(=O)N2CCN(c3ccccc3Cl)CC2)cc1OCC. The summed E-state index contributed by atoms with van der Waals surface area (Å²) in [6.45, 7) is 7.87. The minimum atomic E-state index is 0.00986. The van der Waals surface area contributed by atoms with Crippen LogP contribution in [0.15, 0.2) is 48.5 Å². The van der Waals surface area contributed by atoms with Crippen LogP contribution in [-0.4, -0.2) is 50.2 Å². The molecule has 1 aliphatic heterocycles. The van der Waals surface area contributed by atoms with Crippen molar-refractivity contribution in [2.45, 2.75) is 13.8 Å². The topological polar surface area (TPSA) is 42.0 Å². The van der Waals surface area contributed by atoms with Crippen molar-refractivity contribution in [3.05, 3.63) is 59.1 Å². The van der Waals surface area contributed by atoms with Gasteiger partial charge in [0, 0.05) is 32.3 Å². The number of hydrogen-bond donors (Lipinski definition) is 0. The summed E-state index contributed by atoms with van der Waals surface area (Å²) in [7, 11) is 0. The predicted molar refractivity (Wildman–Crippen MR) is 118 cm³/mol. The number of ether oxygens (including phenoxy) is 2. The van der Waals surface area contributed by atoms with Crippen molar-refractivity contribution in [2.75, 3.05) is 44.3 Å². The minimum Gasteiger partial charge on any atom is -0.490 e. The van der Waals surface area contributed by atoms with E-state index < -0.39 is 0 Å². The van der Waals surface area contributed by atoms with E-state index in [1.165, 1.54) is 0 Å². The number of nitrogens with zero attached hydrogens (tertiary/aromatic N) is 2. The Morgan fingerprint density at radius 1 is 1.00 bits per heavy atom. The molecule has 0 N–H and O–H groups in total. The van der Waals surface area contributed by atoms with Crippen molar-refractivity contribution in [1.82, 2.24) is 4.90 Å². The molecule has 6 heteroatoms. The first-order valence-electron chi connectivity index (χ1n) is 9.98. The fourth-order valence-electron chi connectivity index (χ4n) is 3.32. The molecular formula is C23H27ClN2O3. The molecule has 1 amide bonds. The van der Waals surface area contributed by atoms with Crippen molar-refractivity contribution in [2.24, 2.45) is 0 Å². The average Bonchev–Trinajstić information content (AvgIpc) is 2.74. The molecule has 0 saturated carbocycles. The maximum absolute atomic E-state index is 12.6. The number of carbonyl (C=O) groups excluding carboxylic acids is 1. The smallest absolute Gasteiger partial charge is 0.246 e. The van der Waals surface area contributed by atoms with Gasteiger partial charge in [-0.2, -0.15) is 0 Å². The van der Waals surface area contributed by atoms with Gasteiger partial charge in [0.15, 0.2) is 11.5 Å². The lowest BCUT2D eigenvalue weighted by molar-refractivity contribution is -0.126. The molecule has 5 nitrogen and oxygen atoms in total. The quantitative estimate of drug-likeness (QED) is 0.625. The summed E-state index contributed by atoms with van der Waals surface area (Å²) in [5.74, 6) is 1.42. The van der Waals surface area contributed by atoms with Gasteiger partial charge in [0.1, 0.15) is 0 Å². The summed E-state index contributed by atoms with van der Waals surface area (Å²) in [6.07, 6.45) is 3.44. The van der Waals surface area contributed by atoms with Gasteiger partial charge in [-0.05, 0) is 49.8 Å². The first-order valence-corrected chi connectivity index (χ1v) is 10.4. The fraction of sp³-hybridized carbons (Fsp3) is 0.348.